The number of carbonyl (C=O) groups excluding carboxylic acids is 1. The number of hydrogen-bond donors (Lipinski definition) is 0. The lowest BCUT2D eigenvalue weighted by Crippen LogP contribution is -2.24. The van der Waals surface area contributed by atoms with Crippen molar-refractivity contribution >= 4 is 17.3 Å². The largest absolute Gasteiger partial charge is 0.455 e. The molecule has 5 nitrogen and oxygen atoms in total. The Morgan fingerprint density at radius 3 is 2.79 bits per heavy atom. The maximum Gasteiger partial charge on any atom is 0.361 e. The Bertz CT molecular complexity index is 567. The summed E-state index contributed by atoms with van der Waals surface area (Å²) < 4.78 is 7.01. The summed E-state index contributed by atoms with van der Waals surface area (Å²) in [4.78, 5) is 12.0. The fourth-order valence-corrected chi connectivity index (χ4v) is 2.24. The van der Waals surface area contributed by atoms with Gasteiger partial charge in [0.2, 0.25) is 0 Å². The molecule has 0 atom stereocenters. The molecular weight excluding hydrogens is 262 g/mol. The van der Waals surface area contributed by atoms with E-state index in [4.69, 9.17) is 4.74 Å². The number of nitrogens with zero attached hydrogens (tertiary/aromatic N) is 3. The minimum absolute atomic E-state index is 0.283. The van der Waals surface area contributed by atoms with E-state index in [1.807, 2.05) is 44.5 Å². The van der Waals surface area contributed by atoms with Crippen LogP contribution in [0.2, 0.25) is 0 Å². The van der Waals surface area contributed by atoms with Crippen molar-refractivity contribution in [2.45, 2.75) is 39.8 Å². The Morgan fingerprint density at radius 2 is 2.21 bits per heavy atom. The van der Waals surface area contributed by atoms with Crippen LogP contribution in [0.5, 0.6) is 0 Å². The molecule has 0 aliphatic rings. The summed E-state index contributed by atoms with van der Waals surface area (Å²) >= 11 is 1.63. The first-order chi connectivity index (χ1) is 8.87. The second-order valence-electron chi connectivity index (χ2n) is 5.31. The quantitative estimate of drug-likeness (QED) is 0.810. The lowest BCUT2D eigenvalue weighted by Gasteiger charge is -2.18. The van der Waals surface area contributed by atoms with Gasteiger partial charge in [-0.15, -0.1) is 5.10 Å². The van der Waals surface area contributed by atoms with Crippen LogP contribution in [0.1, 0.15) is 42.5 Å². The number of ether oxygens (including phenoxy) is 1. The van der Waals surface area contributed by atoms with Gasteiger partial charge in [-0.05, 0) is 50.1 Å². The molecule has 0 radical (unpaired) electrons. The van der Waals surface area contributed by atoms with Crippen molar-refractivity contribution in [3.05, 3.63) is 33.8 Å². The Balaban J connectivity index is 2.16. The average Bonchev–Trinajstić information content (AvgIpc) is 2.88. The van der Waals surface area contributed by atoms with Crippen LogP contribution in [0, 0.1) is 6.92 Å². The SMILES string of the molecule is Cc1c(C(=O)OC(C)(C)C)nnn1Cc1ccsc1. The molecule has 0 N–H and O–H groups in total. The van der Waals surface area contributed by atoms with E-state index in [-0.39, 0.29) is 5.69 Å². The number of aromatic nitrogens is 3. The van der Waals surface area contributed by atoms with E-state index < -0.39 is 11.6 Å². The molecule has 0 aliphatic heterocycles. The zero-order chi connectivity index (χ0) is 14.0. The third kappa shape index (κ3) is 3.41. The second kappa shape index (κ2) is 5.13. The van der Waals surface area contributed by atoms with Gasteiger partial charge in [0.05, 0.1) is 12.2 Å². The van der Waals surface area contributed by atoms with E-state index in [0.717, 1.165) is 11.3 Å². The number of rotatable bonds is 3. The van der Waals surface area contributed by atoms with Crippen molar-refractivity contribution < 1.29 is 9.53 Å². The molecule has 0 aromatic carbocycles. The zero-order valence-corrected chi connectivity index (χ0v) is 12.3. The summed E-state index contributed by atoms with van der Waals surface area (Å²) in [6, 6.07) is 2.03. The average molecular weight is 279 g/mol. The summed E-state index contributed by atoms with van der Waals surface area (Å²) in [7, 11) is 0. The van der Waals surface area contributed by atoms with Crippen molar-refractivity contribution in [1.82, 2.24) is 15.0 Å². The Kier molecular flexibility index (Phi) is 3.71. The fraction of sp³-hybridized carbons (Fsp3) is 0.462. The summed E-state index contributed by atoms with van der Waals surface area (Å²) in [5.41, 5.74) is 1.63. The molecule has 0 spiro atoms. The van der Waals surface area contributed by atoms with Gasteiger partial charge in [0.1, 0.15) is 5.60 Å². The summed E-state index contributed by atoms with van der Waals surface area (Å²) in [5.74, 6) is -0.429. The van der Waals surface area contributed by atoms with E-state index in [1.54, 1.807) is 16.0 Å². The van der Waals surface area contributed by atoms with E-state index in [1.165, 1.54) is 0 Å². The molecular formula is C13H17N3O2S. The van der Waals surface area contributed by atoms with Gasteiger partial charge in [-0.3, -0.25) is 0 Å². The Hall–Kier alpha value is -1.69. The molecule has 0 saturated carbocycles. The molecule has 0 amide bonds. The van der Waals surface area contributed by atoms with Gasteiger partial charge >= 0.3 is 5.97 Å². The van der Waals surface area contributed by atoms with E-state index in [0.29, 0.717) is 6.54 Å². The van der Waals surface area contributed by atoms with E-state index >= 15 is 0 Å². The molecule has 19 heavy (non-hydrogen) atoms. The highest BCUT2D eigenvalue weighted by molar-refractivity contribution is 7.07. The first-order valence-electron chi connectivity index (χ1n) is 6.01. The molecule has 2 heterocycles. The minimum Gasteiger partial charge on any atom is -0.455 e. The van der Waals surface area contributed by atoms with E-state index in [2.05, 4.69) is 10.3 Å². The van der Waals surface area contributed by atoms with Crippen molar-refractivity contribution in [3.8, 4) is 0 Å². The molecule has 2 rings (SSSR count). The van der Waals surface area contributed by atoms with E-state index in [9.17, 15) is 4.79 Å². The van der Waals surface area contributed by atoms with Crippen LogP contribution in [0.25, 0.3) is 0 Å². The standard InChI is InChI=1S/C13H17N3O2S/c1-9-11(12(17)18-13(2,3)4)14-15-16(9)7-10-5-6-19-8-10/h5-6,8H,7H2,1-4H3. The highest BCUT2D eigenvalue weighted by atomic mass is 32.1. The van der Waals surface area contributed by atoms with Crippen LogP contribution in [-0.4, -0.2) is 26.6 Å². The van der Waals surface area contributed by atoms with Crippen LogP contribution >= 0.6 is 11.3 Å². The van der Waals surface area contributed by atoms with Crippen molar-refractivity contribution in [3.63, 3.8) is 0 Å². The number of esters is 1. The minimum atomic E-state index is -0.527. The van der Waals surface area contributed by atoms with Gasteiger partial charge in [0, 0.05) is 0 Å². The summed E-state index contributed by atoms with van der Waals surface area (Å²) in [5, 5.41) is 12.0. The van der Waals surface area contributed by atoms with Crippen LogP contribution in [0.3, 0.4) is 0 Å². The Labute approximate surface area is 116 Å². The zero-order valence-electron chi connectivity index (χ0n) is 11.5. The smallest absolute Gasteiger partial charge is 0.361 e. The topological polar surface area (TPSA) is 57.0 Å². The van der Waals surface area contributed by atoms with Crippen LogP contribution < -0.4 is 0 Å². The summed E-state index contributed by atoms with van der Waals surface area (Å²) in [6.45, 7) is 7.93. The lowest BCUT2D eigenvalue weighted by molar-refractivity contribution is 0.00619. The molecule has 0 aliphatic carbocycles. The molecule has 0 bridgehead atoms. The molecule has 102 valence electrons. The fourth-order valence-electron chi connectivity index (χ4n) is 1.58. The third-order valence-corrected chi connectivity index (χ3v) is 3.22. The highest BCUT2D eigenvalue weighted by Crippen LogP contribution is 2.14. The van der Waals surface area contributed by atoms with Gasteiger partial charge in [-0.25, -0.2) is 9.48 Å². The van der Waals surface area contributed by atoms with Crippen molar-refractivity contribution in [1.29, 1.82) is 0 Å². The highest BCUT2D eigenvalue weighted by Gasteiger charge is 2.23. The number of carbonyl (C=O) groups is 1. The number of thiophene rings is 1. The second-order valence-corrected chi connectivity index (χ2v) is 6.09. The first kappa shape index (κ1) is 13.7. The lowest BCUT2D eigenvalue weighted by atomic mass is 10.2. The molecule has 0 unspecified atom stereocenters. The molecule has 6 heteroatoms. The van der Waals surface area contributed by atoms with Gasteiger partial charge in [0.15, 0.2) is 5.69 Å². The molecule has 0 fully saturated rings. The van der Waals surface area contributed by atoms with Gasteiger partial charge in [0.25, 0.3) is 0 Å². The predicted molar refractivity (Wildman–Crippen MR) is 73.3 cm³/mol. The summed E-state index contributed by atoms with van der Waals surface area (Å²) in [6.07, 6.45) is 0. The van der Waals surface area contributed by atoms with Gasteiger partial charge < -0.3 is 4.74 Å². The molecule has 0 saturated heterocycles. The van der Waals surface area contributed by atoms with Crippen molar-refractivity contribution in [2.75, 3.05) is 0 Å². The van der Waals surface area contributed by atoms with Crippen LogP contribution in [0.4, 0.5) is 0 Å². The monoisotopic (exact) mass is 279 g/mol. The number of hydrogen-bond acceptors (Lipinski definition) is 5. The predicted octanol–water partition coefficient (Wildman–Crippen LogP) is 2.65. The molecule has 2 aromatic rings. The van der Waals surface area contributed by atoms with Gasteiger partial charge in [-0.1, -0.05) is 5.21 Å². The Morgan fingerprint density at radius 1 is 1.47 bits per heavy atom. The maximum atomic E-state index is 12.0. The van der Waals surface area contributed by atoms with Crippen molar-refractivity contribution in [2.24, 2.45) is 0 Å². The third-order valence-electron chi connectivity index (χ3n) is 2.49. The maximum absolute atomic E-state index is 12.0. The first-order valence-corrected chi connectivity index (χ1v) is 6.95. The normalized spacial score (nSPS) is 11.6. The van der Waals surface area contributed by atoms with Crippen LogP contribution in [0.15, 0.2) is 16.8 Å². The van der Waals surface area contributed by atoms with Crippen LogP contribution in [-0.2, 0) is 11.3 Å². The van der Waals surface area contributed by atoms with Gasteiger partial charge in [-0.2, -0.15) is 11.3 Å². The molecule has 2 aromatic heterocycles.